The predicted molar refractivity (Wildman–Crippen MR) is 105 cm³/mol. The van der Waals surface area contributed by atoms with Crippen molar-refractivity contribution in [1.82, 2.24) is 9.97 Å². The third kappa shape index (κ3) is 3.63. The molecular weight excluding hydrogens is 350 g/mol. The van der Waals surface area contributed by atoms with E-state index < -0.39 is 5.97 Å². The number of piperidine rings is 1. The van der Waals surface area contributed by atoms with E-state index in [1.807, 2.05) is 24.3 Å². The van der Waals surface area contributed by atoms with E-state index in [0.29, 0.717) is 12.8 Å². The fourth-order valence-electron chi connectivity index (χ4n) is 3.37. The fourth-order valence-corrected chi connectivity index (χ4v) is 3.37. The van der Waals surface area contributed by atoms with E-state index in [1.165, 1.54) is 0 Å². The molecule has 1 N–H and O–H groups in total. The number of fused-ring (bicyclic) bond motifs is 1. The lowest BCUT2D eigenvalue weighted by Gasteiger charge is -2.31. The van der Waals surface area contributed by atoms with Gasteiger partial charge in [0.1, 0.15) is 5.82 Å². The second-order valence-corrected chi connectivity index (χ2v) is 6.41. The van der Waals surface area contributed by atoms with Crippen molar-refractivity contribution in [2.24, 2.45) is 5.92 Å². The molecule has 26 heavy (non-hydrogen) atoms. The van der Waals surface area contributed by atoms with Crippen LogP contribution in [0, 0.1) is 5.92 Å². The number of benzene rings is 1. The van der Waals surface area contributed by atoms with Crippen molar-refractivity contribution in [2.75, 3.05) is 18.0 Å². The molecule has 1 saturated heterocycles. The van der Waals surface area contributed by atoms with Gasteiger partial charge in [-0.15, -0.1) is 12.4 Å². The largest absolute Gasteiger partial charge is 0.481 e. The summed E-state index contributed by atoms with van der Waals surface area (Å²) in [7, 11) is 0. The standard InChI is InChI=1S/C20H19N3O2.ClH/c24-20(25)15-7-11-23(12-8-15)19-4-2-17-13-16(1-3-18(17)22-19)14-5-9-21-10-6-14;/h1-6,9-10,13,15H,7-8,11-12H2,(H,24,25);1H. The molecule has 4 rings (SSSR count). The zero-order valence-corrected chi connectivity index (χ0v) is 15.0. The smallest absolute Gasteiger partial charge is 0.306 e. The topological polar surface area (TPSA) is 66.3 Å². The Hall–Kier alpha value is -2.66. The Morgan fingerprint density at radius 3 is 2.42 bits per heavy atom. The summed E-state index contributed by atoms with van der Waals surface area (Å²) < 4.78 is 0. The lowest BCUT2D eigenvalue weighted by Crippen LogP contribution is -2.36. The van der Waals surface area contributed by atoms with Gasteiger partial charge in [-0.3, -0.25) is 9.78 Å². The Morgan fingerprint density at radius 2 is 1.73 bits per heavy atom. The van der Waals surface area contributed by atoms with Crippen molar-refractivity contribution in [2.45, 2.75) is 12.8 Å². The summed E-state index contributed by atoms with van der Waals surface area (Å²) >= 11 is 0. The first kappa shape index (κ1) is 18.1. The molecule has 1 aliphatic rings. The number of anilines is 1. The molecule has 0 spiro atoms. The monoisotopic (exact) mass is 369 g/mol. The number of aromatic nitrogens is 2. The van der Waals surface area contributed by atoms with Gasteiger partial charge in [-0.2, -0.15) is 0 Å². The van der Waals surface area contributed by atoms with Crippen molar-refractivity contribution < 1.29 is 9.90 Å². The van der Waals surface area contributed by atoms with Crippen LogP contribution in [0.4, 0.5) is 5.82 Å². The molecule has 3 aromatic rings. The lowest BCUT2D eigenvalue weighted by atomic mass is 9.97. The SMILES string of the molecule is Cl.O=C(O)C1CCN(c2ccc3cc(-c4ccncc4)ccc3n2)CC1. The van der Waals surface area contributed by atoms with Crippen LogP contribution < -0.4 is 4.90 Å². The normalized spacial score (nSPS) is 14.8. The van der Waals surface area contributed by atoms with E-state index in [1.54, 1.807) is 12.4 Å². The molecule has 2 aromatic heterocycles. The number of nitrogens with zero attached hydrogens (tertiary/aromatic N) is 3. The maximum atomic E-state index is 11.1. The first-order valence-electron chi connectivity index (χ1n) is 8.50. The highest BCUT2D eigenvalue weighted by molar-refractivity contribution is 5.86. The third-order valence-corrected chi connectivity index (χ3v) is 4.86. The fraction of sp³-hybridized carbons (Fsp3) is 0.250. The molecule has 0 amide bonds. The summed E-state index contributed by atoms with van der Waals surface area (Å²) in [5, 5.41) is 10.2. The van der Waals surface area contributed by atoms with Crippen LogP contribution in [-0.2, 0) is 4.79 Å². The molecule has 1 fully saturated rings. The average molecular weight is 370 g/mol. The highest BCUT2D eigenvalue weighted by Crippen LogP contribution is 2.27. The molecule has 0 saturated carbocycles. The van der Waals surface area contributed by atoms with Crippen LogP contribution in [0.25, 0.3) is 22.0 Å². The van der Waals surface area contributed by atoms with Crippen LogP contribution in [0.2, 0.25) is 0 Å². The Labute approximate surface area is 158 Å². The summed E-state index contributed by atoms with van der Waals surface area (Å²) in [6.45, 7) is 1.48. The van der Waals surface area contributed by atoms with Gasteiger partial charge < -0.3 is 10.0 Å². The molecule has 6 heteroatoms. The molecular formula is C20H20ClN3O2. The van der Waals surface area contributed by atoms with Gasteiger partial charge in [-0.1, -0.05) is 6.07 Å². The molecule has 1 aromatic carbocycles. The number of hydrogen-bond acceptors (Lipinski definition) is 4. The number of carbonyl (C=O) groups is 1. The Bertz CT molecular complexity index is 909. The van der Waals surface area contributed by atoms with Crippen molar-refractivity contribution in [3.05, 3.63) is 54.9 Å². The summed E-state index contributed by atoms with van der Waals surface area (Å²) in [5.41, 5.74) is 3.24. The zero-order valence-electron chi connectivity index (χ0n) is 14.2. The summed E-state index contributed by atoms with van der Waals surface area (Å²) in [5.74, 6) is 0.0161. The molecule has 1 aliphatic heterocycles. The quantitative estimate of drug-likeness (QED) is 0.755. The molecule has 3 heterocycles. The van der Waals surface area contributed by atoms with E-state index >= 15 is 0 Å². The van der Waals surface area contributed by atoms with E-state index in [-0.39, 0.29) is 18.3 Å². The van der Waals surface area contributed by atoms with Crippen molar-refractivity contribution >= 4 is 35.1 Å². The first-order chi connectivity index (χ1) is 12.2. The lowest BCUT2D eigenvalue weighted by molar-refractivity contribution is -0.142. The summed E-state index contributed by atoms with van der Waals surface area (Å²) in [4.78, 5) is 22.1. The predicted octanol–water partition coefficient (Wildman–Crippen LogP) is 4.02. The minimum Gasteiger partial charge on any atom is -0.481 e. The molecule has 0 atom stereocenters. The van der Waals surface area contributed by atoms with Crippen LogP contribution in [0.3, 0.4) is 0 Å². The van der Waals surface area contributed by atoms with Crippen LogP contribution in [0.15, 0.2) is 54.9 Å². The van der Waals surface area contributed by atoms with E-state index in [0.717, 1.165) is 40.9 Å². The first-order valence-corrected chi connectivity index (χ1v) is 8.50. The minimum absolute atomic E-state index is 0. The van der Waals surface area contributed by atoms with E-state index in [4.69, 9.17) is 10.1 Å². The number of hydrogen-bond donors (Lipinski definition) is 1. The third-order valence-electron chi connectivity index (χ3n) is 4.86. The van der Waals surface area contributed by atoms with Gasteiger partial charge in [0.2, 0.25) is 0 Å². The number of rotatable bonds is 3. The van der Waals surface area contributed by atoms with Gasteiger partial charge in [0, 0.05) is 30.9 Å². The van der Waals surface area contributed by atoms with Crippen LogP contribution >= 0.6 is 12.4 Å². The van der Waals surface area contributed by atoms with Crippen LogP contribution in [0.1, 0.15) is 12.8 Å². The second-order valence-electron chi connectivity index (χ2n) is 6.41. The average Bonchev–Trinajstić information content (AvgIpc) is 2.68. The summed E-state index contributed by atoms with van der Waals surface area (Å²) in [6.07, 6.45) is 4.94. The van der Waals surface area contributed by atoms with E-state index in [9.17, 15) is 4.79 Å². The zero-order chi connectivity index (χ0) is 17.2. The minimum atomic E-state index is -0.685. The number of aliphatic carboxylic acids is 1. The maximum absolute atomic E-state index is 11.1. The molecule has 0 radical (unpaired) electrons. The Kier molecular flexibility index (Phi) is 5.38. The number of halogens is 1. The maximum Gasteiger partial charge on any atom is 0.306 e. The number of carboxylic acid groups (broad SMARTS) is 1. The van der Waals surface area contributed by atoms with Crippen molar-refractivity contribution in [3.8, 4) is 11.1 Å². The van der Waals surface area contributed by atoms with Gasteiger partial charge in [0.05, 0.1) is 11.4 Å². The number of pyridine rings is 2. The van der Waals surface area contributed by atoms with Crippen molar-refractivity contribution in [3.63, 3.8) is 0 Å². The Morgan fingerprint density at radius 1 is 1.00 bits per heavy atom. The molecule has 0 unspecified atom stereocenters. The summed E-state index contributed by atoms with van der Waals surface area (Å²) in [6, 6.07) is 14.4. The highest BCUT2D eigenvalue weighted by Gasteiger charge is 2.25. The van der Waals surface area contributed by atoms with Gasteiger partial charge in [-0.05, 0) is 60.4 Å². The van der Waals surface area contributed by atoms with E-state index in [2.05, 4.69) is 28.1 Å². The molecule has 134 valence electrons. The van der Waals surface area contributed by atoms with Crippen molar-refractivity contribution in [1.29, 1.82) is 0 Å². The van der Waals surface area contributed by atoms with Gasteiger partial charge in [0.15, 0.2) is 0 Å². The van der Waals surface area contributed by atoms with Gasteiger partial charge >= 0.3 is 5.97 Å². The molecule has 5 nitrogen and oxygen atoms in total. The second kappa shape index (κ2) is 7.70. The van der Waals surface area contributed by atoms with Gasteiger partial charge in [0.25, 0.3) is 0 Å². The number of carboxylic acids is 1. The molecule has 0 aliphatic carbocycles. The molecule has 0 bridgehead atoms. The van der Waals surface area contributed by atoms with Crippen LogP contribution in [0.5, 0.6) is 0 Å². The van der Waals surface area contributed by atoms with Gasteiger partial charge in [-0.25, -0.2) is 4.98 Å². The Balaban J connectivity index is 0.00000196. The highest BCUT2D eigenvalue weighted by atomic mass is 35.5. The van der Waals surface area contributed by atoms with Crippen LogP contribution in [-0.4, -0.2) is 34.1 Å².